The normalized spacial score (nSPS) is 16.5. The van der Waals surface area contributed by atoms with E-state index < -0.39 is 25.8 Å². The van der Waals surface area contributed by atoms with Crippen LogP contribution in [0.4, 0.5) is 0 Å². The minimum absolute atomic E-state index is 0.0211. The first kappa shape index (κ1) is 27.1. The van der Waals surface area contributed by atoms with Crippen molar-refractivity contribution in [3.63, 3.8) is 0 Å². The van der Waals surface area contributed by atoms with Crippen molar-refractivity contribution in [3.8, 4) is 0 Å². The summed E-state index contributed by atoms with van der Waals surface area (Å²) in [6.45, 7) is -0.0429. The second kappa shape index (κ2) is 11.2. The fourth-order valence-electron chi connectivity index (χ4n) is 3.75. The van der Waals surface area contributed by atoms with Gasteiger partial charge in [0, 0.05) is 10.9 Å². The largest absolute Gasteiger partial charge is 0.265 e. The van der Waals surface area contributed by atoms with Crippen molar-refractivity contribution in [2.24, 2.45) is 15.2 Å². The van der Waals surface area contributed by atoms with Gasteiger partial charge in [0.15, 0.2) is 0 Å². The van der Waals surface area contributed by atoms with E-state index in [0.29, 0.717) is 10.7 Å². The third kappa shape index (κ3) is 6.88. The Labute approximate surface area is 225 Å². The predicted octanol–water partition coefficient (Wildman–Crippen LogP) is 3.42. The average molecular weight is 581 g/mol. The Balaban J connectivity index is 1.75. The van der Waals surface area contributed by atoms with E-state index in [1.54, 1.807) is 18.2 Å². The highest BCUT2D eigenvalue weighted by molar-refractivity contribution is 7.90. The molecule has 0 spiro atoms. The molecule has 0 unspecified atom stereocenters. The Bertz CT molecular complexity index is 1550. The highest BCUT2D eigenvalue weighted by atomic mass is 35.5. The number of guanidine groups is 1. The number of nitrogens with two attached hydrogens (primary N) is 1. The lowest BCUT2D eigenvalue weighted by molar-refractivity contribution is 0.461. The Hall–Kier alpha value is -2.96. The molecular formula is C24H23Cl2N5O4S2. The van der Waals surface area contributed by atoms with Crippen molar-refractivity contribution < 1.29 is 16.8 Å². The van der Waals surface area contributed by atoms with Crippen LogP contribution in [0, 0.1) is 0 Å². The van der Waals surface area contributed by atoms with E-state index in [1.165, 1.54) is 23.2 Å². The molecule has 0 bridgehead atoms. The van der Waals surface area contributed by atoms with Crippen LogP contribution in [-0.4, -0.2) is 52.4 Å². The number of primary sulfonamides is 1. The van der Waals surface area contributed by atoms with E-state index in [1.807, 2.05) is 42.5 Å². The molecular weight excluding hydrogens is 557 g/mol. The third-order valence-corrected chi connectivity index (χ3v) is 8.32. The molecule has 1 atom stereocenters. The maximum Gasteiger partial charge on any atom is 0.265 e. The van der Waals surface area contributed by atoms with Gasteiger partial charge in [-0.05, 0) is 35.4 Å². The van der Waals surface area contributed by atoms with Crippen molar-refractivity contribution in [2.75, 3.05) is 18.8 Å². The molecule has 0 amide bonds. The quantitative estimate of drug-likeness (QED) is 0.326. The zero-order chi connectivity index (χ0) is 26.6. The summed E-state index contributed by atoms with van der Waals surface area (Å²) in [5.74, 6) is -0.877. The topological polar surface area (TPSA) is 134 Å². The summed E-state index contributed by atoms with van der Waals surface area (Å²) in [5.41, 5.74) is 2.41. The van der Waals surface area contributed by atoms with E-state index in [4.69, 9.17) is 33.4 Å². The minimum atomic E-state index is -4.19. The van der Waals surface area contributed by atoms with Gasteiger partial charge in [-0.25, -0.2) is 36.7 Å². The molecule has 0 saturated carbocycles. The van der Waals surface area contributed by atoms with E-state index in [2.05, 4.69) is 9.71 Å². The first-order chi connectivity index (χ1) is 17.5. The molecule has 13 heteroatoms. The molecule has 3 aromatic carbocycles. The van der Waals surface area contributed by atoms with E-state index in [9.17, 15) is 16.8 Å². The van der Waals surface area contributed by atoms with E-state index >= 15 is 0 Å². The highest BCUT2D eigenvalue weighted by Gasteiger charge is 2.33. The number of rotatable bonds is 7. The molecule has 194 valence electrons. The maximum atomic E-state index is 13.2. The van der Waals surface area contributed by atoms with Crippen molar-refractivity contribution in [1.29, 1.82) is 0 Å². The summed E-state index contributed by atoms with van der Waals surface area (Å²) in [6, 6.07) is 22.7. The number of benzene rings is 3. The molecule has 9 nitrogen and oxygen atoms in total. The van der Waals surface area contributed by atoms with Gasteiger partial charge in [-0.1, -0.05) is 77.8 Å². The third-order valence-electron chi connectivity index (χ3n) is 5.49. The fraction of sp³-hybridized carbons (Fsp3) is 0.167. The summed E-state index contributed by atoms with van der Waals surface area (Å²) >= 11 is 12.2. The van der Waals surface area contributed by atoms with Crippen LogP contribution in [0.15, 0.2) is 93.9 Å². The molecule has 0 radical (unpaired) electrons. The molecule has 3 aromatic rings. The van der Waals surface area contributed by atoms with Gasteiger partial charge < -0.3 is 0 Å². The van der Waals surface area contributed by atoms with Crippen LogP contribution in [0.3, 0.4) is 0 Å². The lowest BCUT2D eigenvalue weighted by atomic mass is 9.91. The van der Waals surface area contributed by atoms with Gasteiger partial charge in [-0.15, -0.1) is 0 Å². The van der Waals surface area contributed by atoms with Gasteiger partial charge in [0.25, 0.3) is 10.0 Å². The van der Waals surface area contributed by atoms with Gasteiger partial charge in [-0.2, -0.15) is 5.10 Å². The summed E-state index contributed by atoms with van der Waals surface area (Å²) in [5, 5.41) is 11.8. The van der Waals surface area contributed by atoms with Gasteiger partial charge in [-0.3, -0.25) is 0 Å². The van der Waals surface area contributed by atoms with Crippen molar-refractivity contribution in [1.82, 2.24) is 9.73 Å². The fourth-order valence-corrected chi connectivity index (χ4v) is 5.76. The second-order valence-electron chi connectivity index (χ2n) is 8.15. The molecule has 4 rings (SSSR count). The average Bonchev–Trinajstić information content (AvgIpc) is 3.29. The number of hydrogen-bond donors (Lipinski definition) is 2. The summed E-state index contributed by atoms with van der Waals surface area (Å²) in [4.78, 5) is 4.07. The Morgan fingerprint density at radius 3 is 2.27 bits per heavy atom. The van der Waals surface area contributed by atoms with Gasteiger partial charge >= 0.3 is 0 Å². The Morgan fingerprint density at radius 1 is 0.973 bits per heavy atom. The molecule has 0 saturated heterocycles. The van der Waals surface area contributed by atoms with E-state index in [-0.39, 0.29) is 34.9 Å². The smallest absolute Gasteiger partial charge is 0.250 e. The number of aliphatic imine (C=N–C) groups is 1. The number of sulfonamides is 2. The zero-order valence-electron chi connectivity index (χ0n) is 19.3. The minimum Gasteiger partial charge on any atom is -0.250 e. The van der Waals surface area contributed by atoms with Crippen LogP contribution in [0.5, 0.6) is 0 Å². The van der Waals surface area contributed by atoms with Gasteiger partial charge in [0.05, 0.1) is 29.6 Å². The van der Waals surface area contributed by atoms with Crippen LogP contribution in [0.1, 0.15) is 17.0 Å². The summed E-state index contributed by atoms with van der Waals surface area (Å²) < 4.78 is 51.8. The zero-order valence-corrected chi connectivity index (χ0v) is 22.5. The molecule has 0 fully saturated rings. The molecule has 0 aromatic heterocycles. The maximum absolute atomic E-state index is 13.2. The molecule has 3 N–H and O–H groups in total. The predicted molar refractivity (Wildman–Crippen MR) is 146 cm³/mol. The lowest BCUT2D eigenvalue weighted by Gasteiger charge is -2.20. The summed E-state index contributed by atoms with van der Waals surface area (Å²) in [7, 11) is -8.01. The highest BCUT2D eigenvalue weighted by Crippen LogP contribution is 2.30. The summed E-state index contributed by atoms with van der Waals surface area (Å²) in [6.07, 6.45) is 0. The van der Waals surface area contributed by atoms with Gasteiger partial charge in [0.1, 0.15) is 4.90 Å². The SMILES string of the molecule is NS(=O)(=O)CCN=C(NS(=O)(=O)c1ccccc1Cl)N1C[C@@H](c2ccccc2)C(c2ccc(Cl)cc2)=N1. The van der Waals surface area contributed by atoms with Crippen molar-refractivity contribution >= 4 is 54.9 Å². The molecule has 37 heavy (non-hydrogen) atoms. The molecule has 1 aliphatic heterocycles. The first-order valence-electron chi connectivity index (χ1n) is 11.0. The van der Waals surface area contributed by atoms with Gasteiger partial charge in [0.2, 0.25) is 16.0 Å². The van der Waals surface area contributed by atoms with Crippen LogP contribution in [0.25, 0.3) is 0 Å². The number of nitrogens with zero attached hydrogens (tertiary/aromatic N) is 3. The van der Waals surface area contributed by atoms with Crippen molar-refractivity contribution in [3.05, 3.63) is 100 Å². The molecule has 0 aliphatic carbocycles. The number of nitrogens with one attached hydrogen (secondary N) is 1. The Morgan fingerprint density at radius 2 is 1.62 bits per heavy atom. The molecule has 1 aliphatic rings. The number of hydrogen-bond acceptors (Lipinski definition) is 6. The molecule has 1 heterocycles. The van der Waals surface area contributed by atoms with Crippen LogP contribution in [0.2, 0.25) is 10.0 Å². The number of halogens is 2. The van der Waals surface area contributed by atoms with E-state index in [0.717, 1.165) is 11.1 Å². The number of hydrazone groups is 1. The van der Waals surface area contributed by atoms with Crippen molar-refractivity contribution in [2.45, 2.75) is 10.8 Å². The second-order valence-corrected chi connectivity index (χ2v) is 12.4. The van der Waals surface area contributed by atoms with Crippen LogP contribution < -0.4 is 9.86 Å². The lowest BCUT2D eigenvalue weighted by Crippen LogP contribution is -2.41. The monoisotopic (exact) mass is 579 g/mol. The van der Waals surface area contributed by atoms with Crippen LogP contribution >= 0.6 is 23.2 Å². The Kier molecular flexibility index (Phi) is 8.20. The first-order valence-corrected chi connectivity index (χ1v) is 15.0. The van der Waals surface area contributed by atoms with Crippen LogP contribution in [-0.2, 0) is 20.0 Å². The standard InChI is InChI=1S/C24H23Cl2N5O4S2/c25-19-12-10-18(11-13-19)23-20(17-6-2-1-3-7-17)16-31(29-23)24(28-14-15-36(27,32)33)30-37(34,35)22-9-5-4-8-21(22)26/h1-13,20H,14-16H2,(H,28,30)(H2,27,32,33)/t20-/m0/s1.